The van der Waals surface area contributed by atoms with Crippen LogP contribution in [0.4, 0.5) is 11.5 Å². The van der Waals surface area contributed by atoms with E-state index in [0.717, 1.165) is 29.7 Å². The van der Waals surface area contributed by atoms with Crippen LogP contribution in [0.1, 0.15) is 28.8 Å². The largest absolute Gasteiger partial charge is 0.478 e. The van der Waals surface area contributed by atoms with Crippen molar-refractivity contribution in [1.82, 2.24) is 4.98 Å². The zero-order chi connectivity index (χ0) is 21.6. The van der Waals surface area contributed by atoms with Crippen LogP contribution in [0.15, 0.2) is 66.9 Å². The van der Waals surface area contributed by atoms with Gasteiger partial charge in [-0.3, -0.25) is 0 Å². The van der Waals surface area contributed by atoms with Crippen LogP contribution in [0.3, 0.4) is 0 Å². The van der Waals surface area contributed by atoms with Crippen molar-refractivity contribution in [2.75, 3.05) is 10.2 Å². The molecule has 1 aliphatic carbocycles. The maximum atomic E-state index is 12.4. The molecule has 1 atom stereocenters. The van der Waals surface area contributed by atoms with E-state index < -0.39 is 17.6 Å². The van der Waals surface area contributed by atoms with Crippen molar-refractivity contribution >= 4 is 23.4 Å². The van der Waals surface area contributed by atoms with Gasteiger partial charge in [-0.05, 0) is 47.7 Å². The molecular formula is C24H21N3O4. The minimum atomic E-state index is -1.20. The fraction of sp³-hybridized carbons (Fsp3) is 0.208. The predicted octanol–water partition coefficient (Wildman–Crippen LogP) is 4.07. The topological polar surface area (TPSA) is 103 Å². The lowest BCUT2D eigenvalue weighted by Gasteiger charge is -2.36. The Balaban J connectivity index is 1.49. The normalized spacial score (nSPS) is 19.5. The average Bonchev–Trinajstić information content (AvgIpc) is 3.58. The molecule has 2 aromatic carbocycles. The third-order valence-corrected chi connectivity index (χ3v) is 6.05. The average molecular weight is 415 g/mol. The van der Waals surface area contributed by atoms with Crippen LogP contribution in [-0.4, -0.2) is 32.8 Å². The highest BCUT2D eigenvalue weighted by atomic mass is 16.4. The fourth-order valence-electron chi connectivity index (χ4n) is 4.41. The summed E-state index contributed by atoms with van der Waals surface area (Å²) in [6.07, 6.45) is 3.38. The van der Waals surface area contributed by atoms with E-state index in [9.17, 15) is 19.8 Å². The summed E-state index contributed by atoms with van der Waals surface area (Å²) in [6, 6.07) is 18.1. The lowest BCUT2D eigenvalue weighted by atomic mass is 9.98. The van der Waals surface area contributed by atoms with Gasteiger partial charge >= 0.3 is 11.9 Å². The Labute approximate surface area is 179 Å². The van der Waals surface area contributed by atoms with E-state index in [1.54, 1.807) is 30.5 Å². The summed E-state index contributed by atoms with van der Waals surface area (Å²) < 4.78 is 0. The first kappa shape index (κ1) is 19.1. The number of aromatic nitrogens is 1. The molecule has 3 aromatic rings. The van der Waals surface area contributed by atoms with Crippen molar-refractivity contribution in [3.63, 3.8) is 0 Å². The van der Waals surface area contributed by atoms with Gasteiger partial charge in [-0.2, -0.15) is 0 Å². The van der Waals surface area contributed by atoms with E-state index in [0.29, 0.717) is 17.9 Å². The predicted molar refractivity (Wildman–Crippen MR) is 116 cm³/mol. The first-order valence-electron chi connectivity index (χ1n) is 10.2. The number of carboxylic acids is 2. The Morgan fingerprint density at radius 3 is 2.45 bits per heavy atom. The summed E-state index contributed by atoms with van der Waals surface area (Å²) in [4.78, 5) is 30.3. The molecule has 0 saturated heterocycles. The lowest BCUT2D eigenvalue weighted by Crippen LogP contribution is -2.58. The number of hydrogen-bond acceptors (Lipinski definition) is 5. The zero-order valence-corrected chi connectivity index (χ0v) is 16.7. The molecule has 5 rings (SSSR count). The van der Waals surface area contributed by atoms with E-state index in [-0.39, 0.29) is 11.5 Å². The number of fused-ring (bicyclic) bond motifs is 1. The molecule has 2 aliphatic rings. The Hall–Kier alpha value is -3.87. The Bertz CT molecular complexity index is 1170. The number of hydrogen-bond donors (Lipinski definition) is 3. The quantitative estimate of drug-likeness (QED) is 0.558. The zero-order valence-electron chi connectivity index (χ0n) is 16.7. The summed E-state index contributed by atoms with van der Waals surface area (Å²) in [6.45, 7) is 0.376. The molecule has 1 fully saturated rings. The lowest BCUT2D eigenvalue weighted by molar-refractivity contribution is -0.143. The molecule has 0 bridgehead atoms. The van der Waals surface area contributed by atoms with Gasteiger partial charge in [-0.25, -0.2) is 14.6 Å². The second kappa shape index (κ2) is 7.12. The van der Waals surface area contributed by atoms with Crippen LogP contribution in [0.2, 0.25) is 0 Å². The van der Waals surface area contributed by atoms with E-state index in [4.69, 9.17) is 0 Å². The van der Waals surface area contributed by atoms with Crippen LogP contribution >= 0.6 is 0 Å². The number of carbonyl (C=O) groups is 2. The number of nitrogens with one attached hydrogen (secondary N) is 1. The highest BCUT2D eigenvalue weighted by molar-refractivity contribution is 5.96. The molecule has 1 aliphatic heterocycles. The minimum Gasteiger partial charge on any atom is -0.478 e. The van der Waals surface area contributed by atoms with Gasteiger partial charge in [-0.15, -0.1) is 0 Å². The molecule has 1 aromatic heterocycles. The van der Waals surface area contributed by atoms with Crippen molar-refractivity contribution in [2.24, 2.45) is 5.92 Å². The fourth-order valence-corrected chi connectivity index (χ4v) is 4.41. The van der Waals surface area contributed by atoms with Crippen LogP contribution in [0.5, 0.6) is 0 Å². The Kier molecular flexibility index (Phi) is 4.39. The number of rotatable bonds is 6. The van der Waals surface area contributed by atoms with Gasteiger partial charge in [0.2, 0.25) is 5.66 Å². The number of carboxylic acid groups (broad SMARTS) is 2. The van der Waals surface area contributed by atoms with Gasteiger partial charge in [0, 0.05) is 18.7 Å². The van der Waals surface area contributed by atoms with Gasteiger partial charge in [0.1, 0.15) is 0 Å². The number of aliphatic carboxylic acids is 1. The van der Waals surface area contributed by atoms with Crippen molar-refractivity contribution < 1.29 is 19.8 Å². The monoisotopic (exact) mass is 415 g/mol. The third-order valence-electron chi connectivity index (χ3n) is 6.05. The van der Waals surface area contributed by atoms with Crippen LogP contribution in [0.25, 0.3) is 11.1 Å². The molecule has 0 spiro atoms. The molecule has 1 unspecified atom stereocenters. The number of pyridine rings is 1. The molecule has 7 heteroatoms. The molecule has 3 N–H and O–H groups in total. The first-order valence-corrected chi connectivity index (χ1v) is 10.2. The molecule has 0 radical (unpaired) electrons. The van der Waals surface area contributed by atoms with Gasteiger partial charge in [0.05, 0.1) is 11.3 Å². The standard InChI is InChI=1S/C24H21N3O4/c28-22(29)19-5-2-1-4-18(19)16-9-7-15(8-10-16)14-27-21-20(6-3-13-25-21)26-24(27,23(30)31)17-11-12-17/h1-10,13,17,26H,11-12,14H2,(H,28,29)(H,30,31). The van der Waals surface area contributed by atoms with Crippen molar-refractivity contribution in [3.8, 4) is 11.1 Å². The van der Waals surface area contributed by atoms with Gasteiger partial charge < -0.3 is 20.4 Å². The van der Waals surface area contributed by atoms with Gasteiger partial charge in [0.15, 0.2) is 5.82 Å². The number of benzene rings is 2. The van der Waals surface area contributed by atoms with Crippen LogP contribution in [-0.2, 0) is 11.3 Å². The minimum absolute atomic E-state index is 0.0147. The molecule has 156 valence electrons. The van der Waals surface area contributed by atoms with Crippen LogP contribution < -0.4 is 10.2 Å². The van der Waals surface area contributed by atoms with Crippen molar-refractivity contribution in [1.29, 1.82) is 0 Å². The molecule has 2 heterocycles. The highest BCUT2D eigenvalue weighted by Gasteiger charge is 2.59. The van der Waals surface area contributed by atoms with E-state index >= 15 is 0 Å². The molecule has 7 nitrogen and oxygen atoms in total. The van der Waals surface area contributed by atoms with E-state index in [2.05, 4.69) is 10.3 Å². The highest BCUT2D eigenvalue weighted by Crippen LogP contribution is 2.51. The smallest absolute Gasteiger partial charge is 0.350 e. The summed E-state index contributed by atoms with van der Waals surface area (Å²) in [5, 5.41) is 22.9. The molecule has 31 heavy (non-hydrogen) atoms. The maximum Gasteiger partial charge on any atom is 0.350 e. The first-order chi connectivity index (χ1) is 15.0. The Morgan fingerprint density at radius 1 is 1.03 bits per heavy atom. The number of aromatic carboxylic acids is 1. The molecule has 0 amide bonds. The maximum absolute atomic E-state index is 12.4. The Morgan fingerprint density at radius 2 is 1.77 bits per heavy atom. The van der Waals surface area contributed by atoms with Crippen LogP contribution in [0, 0.1) is 5.92 Å². The summed E-state index contributed by atoms with van der Waals surface area (Å²) in [5.74, 6) is -1.22. The van der Waals surface area contributed by atoms with E-state index in [1.807, 2.05) is 41.3 Å². The second-order valence-electron chi connectivity index (χ2n) is 7.98. The number of anilines is 2. The van der Waals surface area contributed by atoms with Gasteiger partial charge in [0.25, 0.3) is 0 Å². The summed E-state index contributed by atoms with van der Waals surface area (Å²) in [5.41, 5.74) is 2.13. The second-order valence-corrected chi connectivity index (χ2v) is 7.98. The SMILES string of the molecule is O=C(O)c1ccccc1-c1ccc(CN2c3ncccc3NC2(C(=O)O)C2CC2)cc1. The molecular weight excluding hydrogens is 394 g/mol. The van der Waals surface area contributed by atoms with E-state index in [1.165, 1.54) is 0 Å². The summed E-state index contributed by atoms with van der Waals surface area (Å²) in [7, 11) is 0. The molecule has 1 saturated carbocycles. The number of nitrogens with zero attached hydrogens (tertiary/aromatic N) is 2. The summed E-state index contributed by atoms with van der Waals surface area (Å²) >= 11 is 0. The third kappa shape index (κ3) is 3.09. The van der Waals surface area contributed by atoms with Crippen molar-refractivity contribution in [3.05, 3.63) is 78.0 Å². The van der Waals surface area contributed by atoms with Gasteiger partial charge in [-0.1, -0.05) is 42.5 Å². The van der Waals surface area contributed by atoms with Crippen molar-refractivity contribution in [2.45, 2.75) is 25.0 Å².